The van der Waals surface area contributed by atoms with Crippen molar-refractivity contribution in [1.82, 2.24) is 0 Å². The molecule has 0 aliphatic rings. The SMILES string of the molecule is C=C(C=CC(=O)Cl)C(=O)OC/C=C/C. The first-order valence-electron chi connectivity index (χ1n) is 3.92. The summed E-state index contributed by atoms with van der Waals surface area (Å²) in [7, 11) is 0. The van der Waals surface area contributed by atoms with Gasteiger partial charge in [0.05, 0.1) is 5.57 Å². The van der Waals surface area contributed by atoms with Crippen molar-refractivity contribution in [2.75, 3.05) is 6.61 Å². The zero-order valence-electron chi connectivity index (χ0n) is 7.83. The highest BCUT2D eigenvalue weighted by Crippen LogP contribution is 1.98. The number of halogens is 1. The summed E-state index contributed by atoms with van der Waals surface area (Å²) in [5, 5.41) is -0.660. The summed E-state index contributed by atoms with van der Waals surface area (Å²) in [5.74, 6) is -0.572. The zero-order chi connectivity index (χ0) is 11.0. The van der Waals surface area contributed by atoms with Crippen LogP contribution < -0.4 is 0 Å². The van der Waals surface area contributed by atoms with Crippen LogP contribution in [0.1, 0.15) is 6.92 Å². The van der Waals surface area contributed by atoms with E-state index in [1.165, 1.54) is 6.08 Å². The molecule has 14 heavy (non-hydrogen) atoms. The molecule has 0 aromatic heterocycles. The smallest absolute Gasteiger partial charge is 0.337 e. The zero-order valence-corrected chi connectivity index (χ0v) is 8.58. The van der Waals surface area contributed by atoms with Crippen LogP contribution in [0.5, 0.6) is 0 Å². The Balaban J connectivity index is 4.00. The van der Waals surface area contributed by atoms with Gasteiger partial charge in [0, 0.05) is 0 Å². The Morgan fingerprint density at radius 2 is 2.07 bits per heavy atom. The van der Waals surface area contributed by atoms with E-state index in [0.717, 1.165) is 6.08 Å². The molecule has 0 aromatic rings. The number of hydrogen-bond acceptors (Lipinski definition) is 3. The van der Waals surface area contributed by atoms with Crippen molar-refractivity contribution >= 4 is 22.8 Å². The molecular weight excluding hydrogens is 204 g/mol. The van der Waals surface area contributed by atoms with Gasteiger partial charge in [0.25, 0.3) is 0 Å². The van der Waals surface area contributed by atoms with E-state index in [2.05, 4.69) is 6.58 Å². The van der Waals surface area contributed by atoms with Crippen molar-refractivity contribution in [2.24, 2.45) is 0 Å². The molecule has 0 atom stereocenters. The summed E-state index contributed by atoms with van der Waals surface area (Å²) < 4.78 is 4.75. The van der Waals surface area contributed by atoms with Crippen molar-refractivity contribution in [3.8, 4) is 0 Å². The third-order valence-electron chi connectivity index (χ3n) is 1.22. The second-order valence-electron chi connectivity index (χ2n) is 2.33. The molecule has 0 N–H and O–H groups in total. The van der Waals surface area contributed by atoms with E-state index in [1.54, 1.807) is 12.2 Å². The highest BCUT2D eigenvalue weighted by atomic mass is 35.5. The van der Waals surface area contributed by atoms with E-state index in [-0.39, 0.29) is 12.2 Å². The molecule has 0 spiro atoms. The number of rotatable bonds is 5. The van der Waals surface area contributed by atoms with Crippen LogP contribution in [0.25, 0.3) is 0 Å². The second kappa shape index (κ2) is 7.09. The summed E-state index contributed by atoms with van der Waals surface area (Å²) in [6, 6.07) is 0. The first-order valence-corrected chi connectivity index (χ1v) is 4.30. The fourth-order valence-electron chi connectivity index (χ4n) is 0.547. The summed E-state index contributed by atoms with van der Waals surface area (Å²) >= 11 is 5.02. The Morgan fingerprint density at radius 1 is 1.43 bits per heavy atom. The molecule has 3 nitrogen and oxygen atoms in total. The summed E-state index contributed by atoms with van der Waals surface area (Å²) in [6.07, 6.45) is 5.70. The van der Waals surface area contributed by atoms with Gasteiger partial charge in [-0.25, -0.2) is 4.79 Å². The maximum absolute atomic E-state index is 11.1. The number of hydrogen-bond donors (Lipinski definition) is 0. The van der Waals surface area contributed by atoms with Crippen LogP contribution in [0.15, 0.2) is 36.5 Å². The van der Waals surface area contributed by atoms with Gasteiger partial charge in [-0.1, -0.05) is 18.7 Å². The van der Waals surface area contributed by atoms with Crippen LogP contribution in [0.2, 0.25) is 0 Å². The van der Waals surface area contributed by atoms with Gasteiger partial charge in [0.15, 0.2) is 0 Å². The summed E-state index contributed by atoms with van der Waals surface area (Å²) in [5.41, 5.74) is 0.0866. The Kier molecular flexibility index (Phi) is 6.41. The van der Waals surface area contributed by atoms with Gasteiger partial charge in [-0.05, 0) is 30.7 Å². The van der Waals surface area contributed by atoms with Crippen molar-refractivity contribution in [3.63, 3.8) is 0 Å². The molecule has 0 saturated carbocycles. The van der Waals surface area contributed by atoms with E-state index in [0.29, 0.717) is 0 Å². The number of carbonyl (C=O) groups excluding carboxylic acids is 2. The molecule has 0 aliphatic heterocycles. The van der Waals surface area contributed by atoms with Gasteiger partial charge in [0.1, 0.15) is 6.61 Å². The fourth-order valence-corrected chi connectivity index (χ4v) is 0.610. The third-order valence-corrected chi connectivity index (χ3v) is 1.35. The Hall–Kier alpha value is -1.35. The lowest BCUT2D eigenvalue weighted by Gasteiger charge is -1.99. The van der Waals surface area contributed by atoms with Crippen molar-refractivity contribution in [1.29, 1.82) is 0 Å². The molecule has 0 amide bonds. The minimum atomic E-state index is -0.660. The monoisotopic (exact) mass is 214 g/mol. The first-order chi connectivity index (χ1) is 6.57. The van der Waals surface area contributed by atoms with Gasteiger partial charge in [-0.2, -0.15) is 0 Å². The summed E-state index contributed by atoms with van der Waals surface area (Å²) in [6.45, 7) is 5.41. The van der Waals surface area contributed by atoms with Gasteiger partial charge >= 0.3 is 5.97 Å². The molecule has 0 saturated heterocycles. The van der Waals surface area contributed by atoms with E-state index in [4.69, 9.17) is 16.3 Å². The van der Waals surface area contributed by atoms with Crippen LogP contribution in [0.4, 0.5) is 0 Å². The molecule has 4 heteroatoms. The molecule has 0 bridgehead atoms. The van der Waals surface area contributed by atoms with Crippen molar-refractivity contribution in [2.45, 2.75) is 6.92 Å². The Morgan fingerprint density at radius 3 is 2.57 bits per heavy atom. The van der Waals surface area contributed by atoms with Crippen LogP contribution in [-0.4, -0.2) is 17.8 Å². The van der Waals surface area contributed by atoms with Crippen molar-refractivity contribution in [3.05, 3.63) is 36.5 Å². The normalized spacial score (nSPS) is 10.7. The fraction of sp³-hybridized carbons (Fsp3) is 0.200. The summed E-state index contributed by atoms with van der Waals surface area (Å²) in [4.78, 5) is 21.4. The largest absolute Gasteiger partial charge is 0.458 e. The lowest BCUT2D eigenvalue weighted by Crippen LogP contribution is -2.05. The molecule has 0 radical (unpaired) electrons. The highest BCUT2D eigenvalue weighted by molar-refractivity contribution is 6.66. The van der Waals surface area contributed by atoms with E-state index >= 15 is 0 Å². The highest BCUT2D eigenvalue weighted by Gasteiger charge is 2.03. The van der Waals surface area contributed by atoms with Crippen LogP contribution in [-0.2, 0) is 14.3 Å². The molecule has 0 aromatic carbocycles. The molecule has 0 rings (SSSR count). The van der Waals surface area contributed by atoms with Gasteiger partial charge < -0.3 is 4.74 Å². The Bertz CT molecular complexity index is 290. The third kappa shape index (κ3) is 6.20. The minimum Gasteiger partial charge on any atom is -0.458 e. The van der Waals surface area contributed by atoms with E-state index < -0.39 is 11.2 Å². The molecule has 0 unspecified atom stereocenters. The molecular formula is C10H11ClO3. The number of ether oxygens (including phenoxy) is 1. The predicted molar refractivity (Wildman–Crippen MR) is 54.9 cm³/mol. The molecule has 0 heterocycles. The van der Waals surface area contributed by atoms with Gasteiger partial charge in [-0.15, -0.1) is 0 Å². The molecule has 0 aliphatic carbocycles. The Labute approximate surface area is 87.7 Å². The maximum atomic E-state index is 11.1. The minimum absolute atomic E-state index is 0.0866. The lowest BCUT2D eigenvalue weighted by molar-refractivity contribution is -0.137. The van der Waals surface area contributed by atoms with Gasteiger partial charge in [-0.3, -0.25) is 4.79 Å². The standard InChI is InChI=1S/C10H11ClO3/c1-3-4-7-14-10(13)8(2)5-6-9(11)12/h3-6H,2,7H2,1H3/b4-3+,6-5?. The number of esters is 1. The predicted octanol–water partition coefficient (Wildman–Crippen LogP) is 1.98. The van der Waals surface area contributed by atoms with Crippen LogP contribution in [0, 0.1) is 0 Å². The lowest BCUT2D eigenvalue weighted by atomic mass is 10.3. The molecule has 0 fully saturated rings. The van der Waals surface area contributed by atoms with Gasteiger partial charge in [0.2, 0.25) is 5.24 Å². The van der Waals surface area contributed by atoms with Crippen LogP contribution in [0.3, 0.4) is 0 Å². The number of allylic oxidation sites excluding steroid dienone is 2. The molecule has 76 valence electrons. The maximum Gasteiger partial charge on any atom is 0.337 e. The van der Waals surface area contributed by atoms with Crippen molar-refractivity contribution < 1.29 is 14.3 Å². The second-order valence-corrected chi connectivity index (χ2v) is 2.70. The number of carbonyl (C=O) groups is 2. The average molecular weight is 215 g/mol. The van der Waals surface area contributed by atoms with E-state index in [1.807, 2.05) is 6.92 Å². The average Bonchev–Trinajstić information content (AvgIpc) is 2.14. The van der Waals surface area contributed by atoms with E-state index in [9.17, 15) is 9.59 Å². The topological polar surface area (TPSA) is 43.4 Å². The first kappa shape index (κ1) is 12.7. The van der Waals surface area contributed by atoms with Crippen LogP contribution >= 0.6 is 11.6 Å². The quantitative estimate of drug-likeness (QED) is 0.231.